The van der Waals surface area contributed by atoms with Gasteiger partial charge in [-0.15, -0.1) is 11.6 Å². The van der Waals surface area contributed by atoms with Gasteiger partial charge in [0.2, 0.25) is 0 Å². The third-order valence-electron chi connectivity index (χ3n) is 2.66. The molecule has 0 bridgehead atoms. The molecular formula is C14H10ClF3. The van der Waals surface area contributed by atoms with Crippen LogP contribution in [0.5, 0.6) is 0 Å². The molecule has 0 saturated heterocycles. The van der Waals surface area contributed by atoms with E-state index in [1.54, 1.807) is 18.2 Å². The van der Waals surface area contributed by atoms with Gasteiger partial charge in [0.05, 0.1) is 5.38 Å². The van der Waals surface area contributed by atoms with Crippen molar-refractivity contribution < 1.29 is 13.2 Å². The Kier molecular flexibility index (Phi) is 3.92. The molecule has 0 heterocycles. The summed E-state index contributed by atoms with van der Waals surface area (Å²) in [4.78, 5) is 0. The molecule has 0 spiro atoms. The zero-order chi connectivity index (χ0) is 13.1. The van der Waals surface area contributed by atoms with Crippen LogP contribution in [0.15, 0.2) is 42.5 Å². The zero-order valence-corrected chi connectivity index (χ0v) is 10.1. The molecule has 4 heteroatoms. The first-order chi connectivity index (χ1) is 8.58. The molecule has 0 aliphatic rings. The highest BCUT2D eigenvalue weighted by Gasteiger charge is 2.15. The lowest BCUT2D eigenvalue weighted by atomic mass is 10.0. The summed E-state index contributed by atoms with van der Waals surface area (Å²) in [7, 11) is 0. The van der Waals surface area contributed by atoms with Crippen LogP contribution < -0.4 is 0 Å². The van der Waals surface area contributed by atoms with Crippen LogP contribution >= 0.6 is 11.6 Å². The van der Waals surface area contributed by atoms with Gasteiger partial charge in [-0.05, 0) is 24.1 Å². The molecule has 1 atom stereocenters. The van der Waals surface area contributed by atoms with Gasteiger partial charge >= 0.3 is 0 Å². The van der Waals surface area contributed by atoms with Crippen LogP contribution in [0, 0.1) is 17.5 Å². The van der Waals surface area contributed by atoms with Crippen LogP contribution in [-0.2, 0) is 6.42 Å². The van der Waals surface area contributed by atoms with E-state index >= 15 is 0 Å². The predicted octanol–water partition coefficient (Wildman–Crippen LogP) is 4.63. The fraction of sp³-hybridized carbons (Fsp3) is 0.143. The summed E-state index contributed by atoms with van der Waals surface area (Å²) >= 11 is 6.06. The van der Waals surface area contributed by atoms with Gasteiger partial charge in [-0.25, -0.2) is 13.2 Å². The molecule has 0 fully saturated rings. The molecule has 94 valence electrons. The molecule has 0 nitrogen and oxygen atoms in total. The molecule has 1 unspecified atom stereocenters. The monoisotopic (exact) mass is 270 g/mol. The van der Waals surface area contributed by atoms with Crippen molar-refractivity contribution in [1.29, 1.82) is 0 Å². The lowest BCUT2D eigenvalue weighted by Gasteiger charge is -2.11. The molecule has 18 heavy (non-hydrogen) atoms. The molecule has 2 aromatic rings. The Morgan fingerprint density at radius 3 is 2.33 bits per heavy atom. The maximum atomic E-state index is 13.5. The second kappa shape index (κ2) is 5.44. The summed E-state index contributed by atoms with van der Waals surface area (Å²) in [6.45, 7) is 0. The molecule has 2 rings (SSSR count). The van der Waals surface area contributed by atoms with Gasteiger partial charge in [0, 0.05) is 11.6 Å². The molecule has 0 aliphatic heterocycles. The summed E-state index contributed by atoms with van der Waals surface area (Å²) in [6.07, 6.45) is 0.106. The fourth-order valence-electron chi connectivity index (χ4n) is 1.72. The highest BCUT2D eigenvalue weighted by atomic mass is 35.5. The first-order valence-corrected chi connectivity index (χ1v) is 5.84. The summed E-state index contributed by atoms with van der Waals surface area (Å²) in [5.41, 5.74) is 0.572. The highest BCUT2D eigenvalue weighted by Crippen LogP contribution is 2.28. The number of benzene rings is 2. The molecule has 0 radical (unpaired) electrons. The second-order valence-corrected chi connectivity index (χ2v) is 4.46. The summed E-state index contributed by atoms with van der Waals surface area (Å²) in [6, 6.07) is 9.33. The van der Waals surface area contributed by atoms with Crippen LogP contribution in [0.25, 0.3) is 0 Å². The predicted molar refractivity (Wildman–Crippen MR) is 65.1 cm³/mol. The van der Waals surface area contributed by atoms with Crippen molar-refractivity contribution in [2.45, 2.75) is 11.8 Å². The third kappa shape index (κ3) is 2.85. The number of halogens is 4. The molecule has 0 aromatic heterocycles. The van der Waals surface area contributed by atoms with E-state index in [-0.39, 0.29) is 12.0 Å². The molecular weight excluding hydrogens is 261 g/mol. The van der Waals surface area contributed by atoms with E-state index in [2.05, 4.69) is 0 Å². The Morgan fingerprint density at radius 2 is 1.67 bits per heavy atom. The van der Waals surface area contributed by atoms with Crippen molar-refractivity contribution in [2.24, 2.45) is 0 Å². The van der Waals surface area contributed by atoms with Crippen LogP contribution in [0.1, 0.15) is 16.5 Å². The minimum atomic E-state index is -0.689. The van der Waals surface area contributed by atoms with Gasteiger partial charge < -0.3 is 0 Å². The van der Waals surface area contributed by atoms with E-state index in [0.29, 0.717) is 5.56 Å². The zero-order valence-electron chi connectivity index (χ0n) is 9.34. The Balaban J connectivity index is 2.21. The molecule has 0 amide bonds. The van der Waals surface area contributed by atoms with E-state index in [0.717, 1.165) is 12.1 Å². The van der Waals surface area contributed by atoms with Crippen molar-refractivity contribution in [3.05, 3.63) is 71.0 Å². The van der Waals surface area contributed by atoms with Gasteiger partial charge in [0.1, 0.15) is 17.5 Å². The molecule has 0 aliphatic carbocycles. The van der Waals surface area contributed by atoms with Crippen molar-refractivity contribution >= 4 is 11.6 Å². The first-order valence-electron chi connectivity index (χ1n) is 5.40. The number of rotatable bonds is 3. The van der Waals surface area contributed by atoms with Gasteiger partial charge in [-0.1, -0.05) is 24.3 Å². The van der Waals surface area contributed by atoms with E-state index in [9.17, 15) is 13.2 Å². The van der Waals surface area contributed by atoms with Crippen molar-refractivity contribution in [1.82, 2.24) is 0 Å². The van der Waals surface area contributed by atoms with Crippen LogP contribution in [0.2, 0.25) is 0 Å². The number of hydrogen-bond donors (Lipinski definition) is 0. The second-order valence-electron chi connectivity index (χ2n) is 3.93. The number of hydrogen-bond acceptors (Lipinski definition) is 0. The fourth-order valence-corrected chi connectivity index (χ4v) is 2.06. The summed E-state index contributed by atoms with van der Waals surface area (Å²) < 4.78 is 39.6. The maximum absolute atomic E-state index is 13.5. The van der Waals surface area contributed by atoms with Gasteiger partial charge in [0.15, 0.2) is 0 Å². The molecule has 0 N–H and O–H groups in total. The van der Waals surface area contributed by atoms with Crippen LogP contribution in [-0.4, -0.2) is 0 Å². The third-order valence-corrected chi connectivity index (χ3v) is 3.05. The lowest BCUT2D eigenvalue weighted by molar-refractivity contribution is 0.567. The van der Waals surface area contributed by atoms with E-state index in [4.69, 9.17) is 11.6 Å². The highest BCUT2D eigenvalue weighted by molar-refractivity contribution is 6.20. The smallest absolute Gasteiger partial charge is 0.129 e. The minimum absolute atomic E-state index is 0.106. The van der Waals surface area contributed by atoms with Crippen molar-refractivity contribution in [3.8, 4) is 0 Å². The van der Waals surface area contributed by atoms with E-state index < -0.39 is 22.8 Å². The van der Waals surface area contributed by atoms with E-state index in [1.807, 2.05) is 0 Å². The largest absolute Gasteiger partial charge is 0.207 e. The molecule has 2 aromatic carbocycles. The van der Waals surface area contributed by atoms with Crippen molar-refractivity contribution in [3.63, 3.8) is 0 Å². The quantitative estimate of drug-likeness (QED) is 0.714. The average Bonchev–Trinajstić information content (AvgIpc) is 2.33. The number of alkyl halides is 1. The van der Waals surface area contributed by atoms with Crippen LogP contribution in [0.3, 0.4) is 0 Å². The lowest BCUT2D eigenvalue weighted by Crippen LogP contribution is -2.01. The molecule has 0 saturated carbocycles. The van der Waals surface area contributed by atoms with Gasteiger partial charge in [0.25, 0.3) is 0 Å². The topological polar surface area (TPSA) is 0 Å². The maximum Gasteiger partial charge on any atom is 0.129 e. The first kappa shape index (κ1) is 13.0. The summed E-state index contributed by atoms with van der Waals surface area (Å²) in [5.74, 6) is -1.75. The minimum Gasteiger partial charge on any atom is -0.207 e. The van der Waals surface area contributed by atoms with Gasteiger partial charge in [-0.3, -0.25) is 0 Å². The summed E-state index contributed by atoms with van der Waals surface area (Å²) in [5, 5.41) is -0.689. The SMILES string of the molecule is Fc1ccc(CC(Cl)c2ccccc2F)c(F)c1. The standard InChI is InChI=1S/C14H10ClF3/c15-12(11-3-1-2-4-13(11)17)7-9-5-6-10(16)8-14(9)18/h1-6,8,12H,7H2. The van der Waals surface area contributed by atoms with E-state index in [1.165, 1.54) is 12.1 Å². The van der Waals surface area contributed by atoms with Gasteiger partial charge in [-0.2, -0.15) is 0 Å². The Labute approximate surface area is 108 Å². The Morgan fingerprint density at radius 1 is 0.944 bits per heavy atom. The Hall–Kier alpha value is -1.48. The normalized spacial score (nSPS) is 12.4. The Bertz CT molecular complexity index is 554. The van der Waals surface area contributed by atoms with Crippen molar-refractivity contribution in [2.75, 3.05) is 0 Å². The van der Waals surface area contributed by atoms with Crippen LogP contribution in [0.4, 0.5) is 13.2 Å². The average molecular weight is 271 g/mol.